The van der Waals surface area contributed by atoms with Gasteiger partial charge in [-0.15, -0.1) is 0 Å². The van der Waals surface area contributed by atoms with Crippen LogP contribution in [-0.4, -0.2) is 40.2 Å². The number of benzene rings is 1. The van der Waals surface area contributed by atoms with E-state index in [1.54, 1.807) is 0 Å². The molecular formula is C30H44N4O2. The molecule has 2 bridgehead atoms. The molecule has 196 valence electrons. The Balaban J connectivity index is 0.000000205. The smallest absolute Gasteiger partial charge is 0.409 e. The summed E-state index contributed by atoms with van der Waals surface area (Å²) in [6.07, 6.45) is 12.1. The molecule has 4 rings (SSSR count). The first-order valence-electron chi connectivity index (χ1n) is 13.8. The third kappa shape index (κ3) is 8.11. The summed E-state index contributed by atoms with van der Waals surface area (Å²) in [4.78, 5) is 18.2. The van der Waals surface area contributed by atoms with Crippen LogP contribution in [0.2, 0.25) is 0 Å². The van der Waals surface area contributed by atoms with Gasteiger partial charge in [0.25, 0.3) is 0 Å². The van der Waals surface area contributed by atoms with Crippen LogP contribution in [0.15, 0.2) is 36.8 Å². The van der Waals surface area contributed by atoms with Gasteiger partial charge in [-0.1, -0.05) is 46.2 Å². The number of aromatic nitrogens is 2. The number of amides is 1. The first-order chi connectivity index (χ1) is 17.4. The van der Waals surface area contributed by atoms with Crippen LogP contribution in [0.1, 0.15) is 83.0 Å². The van der Waals surface area contributed by atoms with Gasteiger partial charge in [0, 0.05) is 31.5 Å². The maximum Gasteiger partial charge on any atom is 0.409 e. The predicted molar refractivity (Wildman–Crippen MR) is 143 cm³/mol. The molecule has 0 aliphatic heterocycles. The van der Waals surface area contributed by atoms with Gasteiger partial charge in [-0.2, -0.15) is 5.26 Å². The third-order valence-electron chi connectivity index (χ3n) is 7.63. The Morgan fingerprint density at radius 2 is 1.97 bits per heavy atom. The molecule has 0 spiro atoms. The Labute approximate surface area is 217 Å². The zero-order valence-corrected chi connectivity index (χ0v) is 22.7. The predicted octanol–water partition coefficient (Wildman–Crippen LogP) is 6.68. The van der Waals surface area contributed by atoms with Crippen LogP contribution in [0.5, 0.6) is 0 Å². The second kappa shape index (κ2) is 14.1. The van der Waals surface area contributed by atoms with E-state index >= 15 is 0 Å². The molecule has 1 aromatic carbocycles. The number of aryl methyl sites for hydroxylation is 1. The lowest BCUT2D eigenvalue weighted by molar-refractivity contribution is 0.0754. The van der Waals surface area contributed by atoms with Crippen LogP contribution in [0.4, 0.5) is 4.79 Å². The number of imidazole rings is 1. The molecule has 2 aromatic rings. The summed E-state index contributed by atoms with van der Waals surface area (Å²) in [6, 6.07) is 9.77. The van der Waals surface area contributed by atoms with Gasteiger partial charge in [-0.3, -0.25) is 0 Å². The van der Waals surface area contributed by atoms with Gasteiger partial charge < -0.3 is 14.2 Å². The Hall–Kier alpha value is -2.81. The average Bonchev–Trinajstić information content (AvgIpc) is 3.63. The van der Waals surface area contributed by atoms with E-state index in [4.69, 9.17) is 10.00 Å². The highest BCUT2D eigenvalue weighted by molar-refractivity contribution is 5.67. The van der Waals surface area contributed by atoms with Gasteiger partial charge in [-0.05, 0) is 79.9 Å². The van der Waals surface area contributed by atoms with Crippen molar-refractivity contribution in [3.05, 3.63) is 53.6 Å². The van der Waals surface area contributed by atoms with Gasteiger partial charge in [0.05, 0.1) is 24.6 Å². The van der Waals surface area contributed by atoms with Crippen molar-refractivity contribution in [1.82, 2.24) is 14.5 Å². The zero-order chi connectivity index (χ0) is 25.9. The van der Waals surface area contributed by atoms with Crippen LogP contribution in [0.25, 0.3) is 0 Å². The molecule has 2 fully saturated rings. The molecular weight excluding hydrogens is 448 g/mol. The summed E-state index contributed by atoms with van der Waals surface area (Å²) in [5.41, 5.74) is 3.11. The summed E-state index contributed by atoms with van der Waals surface area (Å²) in [7, 11) is 0. The van der Waals surface area contributed by atoms with Crippen LogP contribution < -0.4 is 0 Å². The second-order valence-electron chi connectivity index (χ2n) is 10.9. The fourth-order valence-electron chi connectivity index (χ4n) is 5.49. The number of hydrogen-bond acceptors (Lipinski definition) is 4. The van der Waals surface area contributed by atoms with Crippen LogP contribution in [-0.2, 0) is 17.7 Å². The molecule has 6 heteroatoms. The van der Waals surface area contributed by atoms with Crippen molar-refractivity contribution in [3.63, 3.8) is 0 Å². The number of hydrogen-bond donors (Lipinski definition) is 0. The summed E-state index contributed by atoms with van der Waals surface area (Å²) in [6.45, 7) is 11.8. The maximum absolute atomic E-state index is 12.2. The number of nitriles is 1. The maximum atomic E-state index is 12.2. The number of carbonyl (C=O) groups excluding carboxylic acids is 1. The summed E-state index contributed by atoms with van der Waals surface area (Å²) in [5, 5.41) is 8.70. The second-order valence-corrected chi connectivity index (χ2v) is 10.9. The lowest BCUT2D eigenvalue weighted by atomic mass is 9.90. The molecule has 6 nitrogen and oxygen atoms in total. The summed E-state index contributed by atoms with van der Waals surface area (Å²) < 4.78 is 7.74. The monoisotopic (exact) mass is 492 g/mol. The normalized spacial score (nSPS) is 20.1. The highest BCUT2D eigenvalue weighted by Crippen LogP contribution is 2.48. The molecule has 1 aromatic heterocycles. The Morgan fingerprint density at radius 3 is 2.56 bits per heavy atom. The van der Waals surface area contributed by atoms with Gasteiger partial charge in [-0.25, -0.2) is 9.78 Å². The van der Waals surface area contributed by atoms with Crippen molar-refractivity contribution < 1.29 is 9.53 Å². The number of rotatable bonds is 10. The summed E-state index contributed by atoms with van der Waals surface area (Å²) in [5.74, 6) is 3.04. The van der Waals surface area contributed by atoms with Crippen molar-refractivity contribution >= 4 is 6.09 Å². The minimum absolute atomic E-state index is 0.0877. The van der Waals surface area contributed by atoms with Crippen molar-refractivity contribution in [1.29, 1.82) is 5.26 Å². The number of fused-ring (bicyclic) bond motifs is 2. The third-order valence-corrected chi connectivity index (χ3v) is 7.63. The molecule has 1 amide bonds. The number of ether oxygens (including phenoxy) is 1. The lowest BCUT2D eigenvalue weighted by Crippen LogP contribution is -2.35. The van der Waals surface area contributed by atoms with E-state index in [1.165, 1.54) is 36.9 Å². The molecule has 0 radical (unpaired) electrons. The Bertz CT molecular complexity index is 976. The van der Waals surface area contributed by atoms with E-state index in [9.17, 15) is 4.79 Å². The molecule has 0 saturated heterocycles. The quantitative estimate of drug-likeness (QED) is 0.371. The van der Waals surface area contributed by atoms with Crippen molar-refractivity contribution in [2.24, 2.45) is 23.7 Å². The minimum atomic E-state index is -0.0877. The Kier molecular flexibility index (Phi) is 10.8. The molecule has 0 N–H and O–H groups in total. The van der Waals surface area contributed by atoms with E-state index in [1.807, 2.05) is 41.7 Å². The van der Waals surface area contributed by atoms with Crippen LogP contribution >= 0.6 is 0 Å². The first kappa shape index (κ1) is 27.8. The SMILES string of the molecule is CCCN(CCC(C)C)C(=O)OCC1CC2CCC1C2.CCc1cncn1Cc1ccc(C#N)cc1. The van der Waals surface area contributed by atoms with Gasteiger partial charge in [0.1, 0.15) is 0 Å². The van der Waals surface area contributed by atoms with Gasteiger partial charge in [0.15, 0.2) is 0 Å². The van der Waals surface area contributed by atoms with Crippen molar-refractivity contribution in [2.45, 2.75) is 79.2 Å². The van der Waals surface area contributed by atoms with Crippen molar-refractivity contribution in [2.75, 3.05) is 19.7 Å². The van der Waals surface area contributed by atoms with E-state index in [2.05, 4.69) is 43.3 Å². The van der Waals surface area contributed by atoms with Gasteiger partial charge >= 0.3 is 6.09 Å². The van der Waals surface area contributed by atoms with Crippen molar-refractivity contribution in [3.8, 4) is 6.07 Å². The fourth-order valence-corrected chi connectivity index (χ4v) is 5.49. The average molecular weight is 493 g/mol. The molecule has 36 heavy (non-hydrogen) atoms. The highest BCUT2D eigenvalue weighted by Gasteiger charge is 2.40. The number of carbonyl (C=O) groups is 1. The first-order valence-corrected chi connectivity index (χ1v) is 13.8. The van der Waals surface area contributed by atoms with E-state index in [-0.39, 0.29) is 6.09 Å². The zero-order valence-electron chi connectivity index (χ0n) is 22.7. The minimum Gasteiger partial charge on any atom is -0.449 e. The van der Waals surface area contributed by atoms with E-state index in [0.29, 0.717) is 24.0 Å². The molecule has 2 saturated carbocycles. The van der Waals surface area contributed by atoms with Crippen LogP contribution in [0.3, 0.4) is 0 Å². The number of nitrogens with zero attached hydrogens (tertiary/aromatic N) is 4. The fraction of sp³-hybridized carbons (Fsp3) is 0.633. The van der Waals surface area contributed by atoms with Gasteiger partial charge in [0.2, 0.25) is 0 Å². The highest BCUT2D eigenvalue weighted by atomic mass is 16.6. The molecule has 3 unspecified atom stereocenters. The topological polar surface area (TPSA) is 71.2 Å². The largest absolute Gasteiger partial charge is 0.449 e. The summed E-state index contributed by atoms with van der Waals surface area (Å²) >= 11 is 0. The Morgan fingerprint density at radius 1 is 1.19 bits per heavy atom. The molecule has 1 heterocycles. The van der Waals surface area contributed by atoms with Crippen LogP contribution in [0, 0.1) is 35.0 Å². The molecule has 2 aliphatic carbocycles. The van der Waals surface area contributed by atoms with E-state index in [0.717, 1.165) is 50.7 Å². The standard InChI is InChI=1S/C17H31NO2.C13H13N3/c1-4-8-18(9-7-13(2)3)17(19)20-12-16-11-14-5-6-15(16)10-14;1-2-13-8-15-10-16(13)9-12-5-3-11(7-14)4-6-12/h13-16H,4-12H2,1-3H3;3-6,8,10H,2,9H2,1H3. The molecule has 3 atom stereocenters. The van der Waals surface area contributed by atoms with E-state index < -0.39 is 0 Å². The lowest BCUT2D eigenvalue weighted by Gasteiger charge is -2.25. The molecule has 2 aliphatic rings.